The van der Waals surface area contributed by atoms with Crippen molar-refractivity contribution in [3.8, 4) is 22.5 Å². The Morgan fingerprint density at radius 1 is 0.940 bits per heavy atom. The first-order valence-electron chi connectivity index (χ1n) is 17.2. The third-order valence-corrected chi connectivity index (χ3v) is 10.5. The highest BCUT2D eigenvalue weighted by atomic mass is 35.5. The number of piperidine rings is 1. The Morgan fingerprint density at radius 3 is 2.38 bits per heavy atom. The van der Waals surface area contributed by atoms with Crippen LogP contribution in [0, 0.1) is 30.6 Å². The van der Waals surface area contributed by atoms with Gasteiger partial charge in [0.1, 0.15) is 6.04 Å². The number of nitrogens with zero attached hydrogens (tertiary/aromatic N) is 3. The van der Waals surface area contributed by atoms with E-state index in [0.717, 1.165) is 66.6 Å². The molecule has 2 saturated carbocycles. The summed E-state index contributed by atoms with van der Waals surface area (Å²) in [5.41, 5.74) is 11.8. The molecule has 3 atom stereocenters. The topological polar surface area (TPSA) is 180 Å². The minimum atomic E-state index is -0.794. The summed E-state index contributed by atoms with van der Waals surface area (Å²) in [6, 6.07) is 20.5. The number of tetrazole rings is 1. The molecule has 2 heterocycles. The lowest BCUT2D eigenvalue weighted by Crippen LogP contribution is -2.48. The van der Waals surface area contributed by atoms with Crippen LogP contribution < -0.4 is 27.0 Å². The van der Waals surface area contributed by atoms with Gasteiger partial charge in [0.2, 0.25) is 11.8 Å². The van der Waals surface area contributed by atoms with Crippen LogP contribution in [0.4, 0.5) is 5.69 Å². The van der Waals surface area contributed by atoms with Crippen LogP contribution in [0.5, 0.6) is 0 Å². The smallest absolute Gasteiger partial charge is 0.251 e. The zero-order valence-electron chi connectivity index (χ0n) is 28.0. The van der Waals surface area contributed by atoms with E-state index in [1.165, 1.54) is 0 Å². The van der Waals surface area contributed by atoms with Crippen molar-refractivity contribution < 1.29 is 14.4 Å². The fourth-order valence-corrected chi connectivity index (χ4v) is 7.48. The average molecular weight is 698 g/mol. The fourth-order valence-electron chi connectivity index (χ4n) is 7.48. The molecule has 50 heavy (non-hydrogen) atoms. The number of anilines is 1. The molecule has 4 aromatic rings. The Hall–Kier alpha value is -4.65. The molecule has 0 radical (unpaired) electrons. The highest BCUT2D eigenvalue weighted by Gasteiger charge is 2.53. The summed E-state index contributed by atoms with van der Waals surface area (Å²) < 4.78 is 0. The van der Waals surface area contributed by atoms with Gasteiger partial charge in [-0.05, 0) is 126 Å². The lowest BCUT2D eigenvalue weighted by molar-refractivity contribution is -0.130. The summed E-state index contributed by atoms with van der Waals surface area (Å²) >= 11 is 0. The van der Waals surface area contributed by atoms with Gasteiger partial charge in [0.15, 0.2) is 5.82 Å². The van der Waals surface area contributed by atoms with E-state index in [1.54, 1.807) is 12.1 Å². The van der Waals surface area contributed by atoms with Crippen LogP contribution >= 0.6 is 12.4 Å². The third-order valence-electron chi connectivity index (χ3n) is 10.5. The molecule has 12 nitrogen and oxygen atoms in total. The largest absolute Gasteiger partial charge is 0.349 e. The van der Waals surface area contributed by atoms with Crippen molar-refractivity contribution in [2.45, 2.75) is 51.1 Å². The van der Waals surface area contributed by atoms with Crippen LogP contribution in [-0.4, -0.2) is 70.1 Å². The van der Waals surface area contributed by atoms with Crippen LogP contribution in [-0.2, 0) is 16.0 Å². The average Bonchev–Trinajstić information content (AvgIpc) is 3.51. The molecule has 3 aliphatic rings. The number of nitrogens with one attached hydrogen (secondary N) is 5. The van der Waals surface area contributed by atoms with Crippen LogP contribution in [0.15, 0.2) is 66.7 Å². The molecular formula is C37H44ClN9O3. The van der Waals surface area contributed by atoms with Crippen molar-refractivity contribution in [1.82, 2.24) is 36.6 Å². The maximum absolute atomic E-state index is 13.8. The maximum Gasteiger partial charge on any atom is 0.251 e. The number of carbonyl (C=O) groups is 3. The van der Waals surface area contributed by atoms with Gasteiger partial charge in [-0.2, -0.15) is 0 Å². The van der Waals surface area contributed by atoms with Crippen LogP contribution in [0.1, 0.15) is 47.2 Å². The first kappa shape index (κ1) is 35.2. The molecule has 7 N–H and O–H groups in total. The second-order valence-corrected chi connectivity index (χ2v) is 13.8. The van der Waals surface area contributed by atoms with Gasteiger partial charge in [0.25, 0.3) is 5.91 Å². The molecule has 1 aromatic heterocycles. The van der Waals surface area contributed by atoms with E-state index >= 15 is 0 Å². The summed E-state index contributed by atoms with van der Waals surface area (Å²) in [7, 11) is 0. The molecule has 2 unspecified atom stereocenters. The second-order valence-electron chi connectivity index (χ2n) is 13.8. The van der Waals surface area contributed by atoms with Gasteiger partial charge in [0.05, 0.1) is 0 Å². The molecule has 7 rings (SSSR count). The molecule has 1 saturated heterocycles. The van der Waals surface area contributed by atoms with E-state index in [-0.39, 0.29) is 42.1 Å². The number of halogens is 1. The van der Waals surface area contributed by atoms with Crippen molar-refractivity contribution in [3.05, 3.63) is 83.4 Å². The molecule has 2 aliphatic carbocycles. The standard InChI is InChI=1S/C37H43N9O3.ClH/c1-21-15-27(36(48)42-33-30-19-39-20-31(30)33)11-14-29(21)26-4-2-3-23(16-26)17-32(41-35(47)25-7-5-22(18-38)6-8-25)37(49)40-28-12-9-24(10-13-28)34-43-45-46-44-34;/h2-4,9-16,22,25,30-33,39H,5-8,17-20,38H2,1H3,(H,40,49)(H,41,47)(H,42,48)(H,43,44,45,46);1H/t22-,25-,30?,31?,32-,33?;/m0./s1. The van der Waals surface area contributed by atoms with Gasteiger partial charge in [0, 0.05) is 48.3 Å². The van der Waals surface area contributed by atoms with Gasteiger partial charge < -0.3 is 27.0 Å². The SMILES string of the molecule is Cc1cc(C(=O)NC2C3CNCC32)ccc1-c1cccc(C[C@H](NC(=O)[C@H]2CC[C@H](CN)CC2)C(=O)Nc2ccc(-c3nnn[nH]3)cc2)c1.Cl. The van der Waals surface area contributed by atoms with Gasteiger partial charge in [-0.15, -0.1) is 17.5 Å². The molecular weight excluding hydrogens is 654 g/mol. The Labute approximate surface area is 297 Å². The summed E-state index contributed by atoms with van der Waals surface area (Å²) in [4.78, 5) is 40.3. The van der Waals surface area contributed by atoms with Crippen molar-refractivity contribution >= 4 is 35.8 Å². The number of amides is 3. The zero-order valence-corrected chi connectivity index (χ0v) is 28.8. The zero-order chi connectivity index (χ0) is 33.9. The minimum absolute atomic E-state index is 0. The van der Waals surface area contributed by atoms with Crippen molar-refractivity contribution in [1.29, 1.82) is 0 Å². The number of aryl methyl sites for hydroxylation is 1. The number of hydrogen-bond acceptors (Lipinski definition) is 8. The second kappa shape index (κ2) is 15.5. The predicted molar refractivity (Wildman–Crippen MR) is 193 cm³/mol. The van der Waals surface area contributed by atoms with Crippen molar-refractivity contribution in [3.63, 3.8) is 0 Å². The van der Waals surface area contributed by atoms with E-state index in [4.69, 9.17) is 5.73 Å². The number of H-pyrrole nitrogens is 1. The van der Waals surface area contributed by atoms with E-state index < -0.39 is 6.04 Å². The molecule has 13 heteroatoms. The number of hydrogen-bond donors (Lipinski definition) is 6. The molecule has 0 spiro atoms. The Kier molecular flexibility index (Phi) is 10.9. The normalized spacial score (nSPS) is 22.8. The summed E-state index contributed by atoms with van der Waals surface area (Å²) in [5.74, 6) is 1.50. The molecule has 3 fully saturated rings. The molecule has 3 aromatic carbocycles. The number of aromatic amines is 1. The first-order valence-corrected chi connectivity index (χ1v) is 17.2. The summed E-state index contributed by atoms with van der Waals surface area (Å²) in [6.07, 6.45) is 3.67. The maximum atomic E-state index is 13.8. The van der Waals surface area contributed by atoms with Gasteiger partial charge in [-0.25, -0.2) is 5.10 Å². The number of carbonyl (C=O) groups excluding carboxylic acids is 3. The van der Waals surface area contributed by atoms with Crippen LogP contribution in [0.2, 0.25) is 0 Å². The van der Waals surface area contributed by atoms with Crippen molar-refractivity contribution in [2.24, 2.45) is 29.4 Å². The quantitative estimate of drug-likeness (QED) is 0.137. The molecule has 0 bridgehead atoms. The van der Waals surface area contributed by atoms with Gasteiger partial charge >= 0.3 is 0 Å². The molecule has 3 amide bonds. The number of benzene rings is 3. The van der Waals surface area contributed by atoms with Crippen molar-refractivity contribution in [2.75, 3.05) is 25.0 Å². The highest BCUT2D eigenvalue weighted by molar-refractivity contribution is 5.98. The summed E-state index contributed by atoms with van der Waals surface area (Å²) in [6.45, 7) is 4.59. The monoisotopic (exact) mass is 697 g/mol. The van der Waals surface area contributed by atoms with E-state index in [2.05, 4.69) is 48.0 Å². The van der Waals surface area contributed by atoms with E-state index in [0.29, 0.717) is 47.8 Å². The minimum Gasteiger partial charge on any atom is -0.349 e. The third kappa shape index (κ3) is 7.88. The number of fused-ring (bicyclic) bond motifs is 1. The lowest BCUT2D eigenvalue weighted by atomic mass is 9.81. The lowest BCUT2D eigenvalue weighted by Gasteiger charge is -2.28. The Morgan fingerprint density at radius 2 is 1.70 bits per heavy atom. The van der Waals surface area contributed by atoms with Gasteiger partial charge in [-0.3, -0.25) is 14.4 Å². The molecule has 1 aliphatic heterocycles. The van der Waals surface area contributed by atoms with E-state index in [9.17, 15) is 14.4 Å². The number of rotatable bonds is 11. The van der Waals surface area contributed by atoms with Crippen LogP contribution in [0.3, 0.4) is 0 Å². The Balaban J connectivity index is 0.00000432. The fraction of sp³-hybridized carbons (Fsp3) is 0.405. The van der Waals surface area contributed by atoms with Crippen LogP contribution in [0.25, 0.3) is 22.5 Å². The highest BCUT2D eigenvalue weighted by Crippen LogP contribution is 2.41. The Bertz CT molecular complexity index is 1800. The predicted octanol–water partition coefficient (Wildman–Crippen LogP) is 3.64. The number of nitrogens with two attached hydrogens (primary N) is 1. The molecule has 262 valence electrons. The van der Waals surface area contributed by atoms with Gasteiger partial charge in [-0.1, -0.05) is 30.3 Å². The summed E-state index contributed by atoms with van der Waals surface area (Å²) in [5, 5.41) is 26.5. The first-order chi connectivity index (χ1) is 23.9. The number of aromatic nitrogens is 4. The van der Waals surface area contributed by atoms with E-state index in [1.807, 2.05) is 55.5 Å².